The van der Waals surface area contributed by atoms with Gasteiger partial charge in [0.05, 0.1) is 12.6 Å². The lowest BCUT2D eigenvalue weighted by atomic mass is 9.85. The lowest BCUT2D eigenvalue weighted by Crippen LogP contribution is -2.48. The summed E-state index contributed by atoms with van der Waals surface area (Å²) in [7, 11) is 0. The quantitative estimate of drug-likeness (QED) is 0.861. The van der Waals surface area contributed by atoms with Crippen LogP contribution >= 0.6 is 15.9 Å². The molecule has 1 aromatic rings. The van der Waals surface area contributed by atoms with Gasteiger partial charge in [-0.1, -0.05) is 46.3 Å². The summed E-state index contributed by atoms with van der Waals surface area (Å²) in [6.45, 7) is 0.101. The van der Waals surface area contributed by atoms with E-state index < -0.39 is 0 Å². The second-order valence-electron chi connectivity index (χ2n) is 5.88. The number of nitrogens with zero attached hydrogens (tertiary/aromatic N) is 1. The highest BCUT2D eigenvalue weighted by atomic mass is 79.9. The maximum absolute atomic E-state index is 12.4. The molecule has 4 atom stereocenters. The Balaban J connectivity index is 1.74. The van der Waals surface area contributed by atoms with Crippen molar-refractivity contribution in [3.63, 3.8) is 0 Å². The lowest BCUT2D eigenvalue weighted by Gasteiger charge is -2.39. The molecule has 20 heavy (non-hydrogen) atoms. The molecule has 2 aliphatic heterocycles. The number of halogens is 1. The summed E-state index contributed by atoms with van der Waals surface area (Å²) in [5, 5.41) is 9.37. The van der Waals surface area contributed by atoms with Crippen LogP contribution in [0.4, 0.5) is 0 Å². The predicted molar refractivity (Wildman–Crippen MR) is 81.6 cm³/mol. The first-order valence-electron chi connectivity index (χ1n) is 7.31. The Labute approximate surface area is 128 Å². The van der Waals surface area contributed by atoms with Gasteiger partial charge in [0.25, 0.3) is 0 Å². The number of hydrogen-bond acceptors (Lipinski definition) is 2. The summed E-state index contributed by atoms with van der Waals surface area (Å²) in [6.07, 6.45) is 3.59. The molecule has 3 rings (SSSR count). The predicted octanol–water partition coefficient (Wildman–Crippen LogP) is 2.88. The van der Waals surface area contributed by atoms with Gasteiger partial charge in [-0.3, -0.25) is 4.79 Å². The number of aliphatic hydroxyl groups is 1. The summed E-state index contributed by atoms with van der Waals surface area (Å²) in [5.41, 5.74) is 1.25. The minimum absolute atomic E-state index is 0.0546. The number of piperidine rings is 1. The second kappa shape index (κ2) is 5.86. The summed E-state index contributed by atoms with van der Waals surface area (Å²) in [4.78, 5) is 14.6. The molecule has 3 nitrogen and oxygen atoms in total. The number of rotatable bonds is 3. The fourth-order valence-electron chi connectivity index (χ4n) is 3.67. The fraction of sp³-hybridized carbons (Fsp3) is 0.562. The number of carbonyl (C=O) groups excluding carboxylic acids is 1. The van der Waals surface area contributed by atoms with Crippen molar-refractivity contribution in [1.29, 1.82) is 0 Å². The van der Waals surface area contributed by atoms with Crippen LogP contribution in [0.5, 0.6) is 0 Å². The Morgan fingerprint density at radius 1 is 1.30 bits per heavy atom. The highest BCUT2D eigenvalue weighted by Crippen LogP contribution is 2.43. The molecule has 2 saturated heterocycles. The Morgan fingerprint density at radius 2 is 2.05 bits per heavy atom. The highest BCUT2D eigenvalue weighted by molar-refractivity contribution is 9.09. The van der Waals surface area contributed by atoms with Gasteiger partial charge in [-0.25, -0.2) is 0 Å². The largest absolute Gasteiger partial charge is 0.394 e. The van der Waals surface area contributed by atoms with Gasteiger partial charge in [0.2, 0.25) is 5.91 Å². The minimum Gasteiger partial charge on any atom is -0.394 e. The zero-order chi connectivity index (χ0) is 14.1. The monoisotopic (exact) mass is 337 g/mol. The van der Waals surface area contributed by atoms with Gasteiger partial charge in [-0.2, -0.15) is 0 Å². The summed E-state index contributed by atoms with van der Waals surface area (Å²) < 4.78 is 0. The van der Waals surface area contributed by atoms with E-state index in [-0.39, 0.29) is 23.4 Å². The van der Waals surface area contributed by atoms with Crippen LogP contribution in [-0.2, 0) is 4.79 Å². The molecule has 0 radical (unpaired) electrons. The molecule has 1 amide bonds. The SMILES string of the molecule is O=C1CC(C(Br)c2ccccc2)CC2CC[C@@H](CO)N12. The number of alkyl halides is 1. The van der Waals surface area contributed by atoms with E-state index in [9.17, 15) is 9.90 Å². The van der Waals surface area contributed by atoms with Gasteiger partial charge in [0, 0.05) is 17.3 Å². The molecule has 108 valence electrons. The number of fused-ring (bicyclic) bond motifs is 1. The molecule has 4 heteroatoms. The minimum atomic E-state index is 0.0546. The van der Waals surface area contributed by atoms with Crippen LogP contribution in [0.25, 0.3) is 0 Å². The molecule has 2 fully saturated rings. The normalized spacial score (nSPS) is 31.2. The zero-order valence-electron chi connectivity index (χ0n) is 11.4. The van der Waals surface area contributed by atoms with Crippen LogP contribution < -0.4 is 0 Å². The Morgan fingerprint density at radius 3 is 2.75 bits per heavy atom. The summed E-state index contributed by atoms with van der Waals surface area (Å²) in [6, 6.07) is 10.7. The number of benzene rings is 1. The number of carbonyl (C=O) groups is 1. The molecule has 0 bridgehead atoms. The van der Waals surface area contributed by atoms with E-state index in [2.05, 4.69) is 28.1 Å². The van der Waals surface area contributed by atoms with Gasteiger partial charge in [0.1, 0.15) is 0 Å². The van der Waals surface area contributed by atoms with Crippen molar-refractivity contribution in [2.45, 2.75) is 42.6 Å². The molecular weight excluding hydrogens is 318 g/mol. The van der Waals surface area contributed by atoms with Crippen molar-refractivity contribution >= 4 is 21.8 Å². The average Bonchev–Trinajstić information content (AvgIpc) is 2.91. The van der Waals surface area contributed by atoms with E-state index in [1.165, 1.54) is 5.56 Å². The Kier molecular flexibility index (Phi) is 4.13. The van der Waals surface area contributed by atoms with Crippen LogP contribution in [0.3, 0.4) is 0 Å². The zero-order valence-corrected chi connectivity index (χ0v) is 13.0. The van der Waals surface area contributed by atoms with Gasteiger partial charge in [-0.15, -0.1) is 0 Å². The molecule has 1 aromatic carbocycles. The van der Waals surface area contributed by atoms with E-state index in [1.807, 2.05) is 23.1 Å². The molecule has 0 aromatic heterocycles. The third-order valence-electron chi connectivity index (χ3n) is 4.66. The molecule has 2 heterocycles. The Bertz CT molecular complexity index is 479. The topological polar surface area (TPSA) is 40.5 Å². The third kappa shape index (κ3) is 2.51. The van der Waals surface area contributed by atoms with Crippen molar-refractivity contribution in [3.05, 3.63) is 35.9 Å². The van der Waals surface area contributed by atoms with E-state index in [0.29, 0.717) is 18.4 Å². The fourth-order valence-corrected chi connectivity index (χ4v) is 4.38. The van der Waals surface area contributed by atoms with Gasteiger partial charge < -0.3 is 10.0 Å². The third-order valence-corrected chi connectivity index (χ3v) is 5.94. The first-order valence-corrected chi connectivity index (χ1v) is 8.23. The first kappa shape index (κ1) is 14.1. The van der Waals surface area contributed by atoms with Crippen molar-refractivity contribution in [3.8, 4) is 0 Å². The molecule has 1 N–H and O–H groups in total. The van der Waals surface area contributed by atoms with Crippen molar-refractivity contribution in [1.82, 2.24) is 4.90 Å². The molecule has 2 aliphatic rings. The maximum Gasteiger partial charge on any atom is 0.223 e. The molecule has 0 spiro atoms. The van der Waals surface area contributed by atoms with Gasteiger partial charge >= 0.3 is 0 Å². The molecule has 0 saturated carbocycles. The standard InChI is InChI=1S/C16H20BrNO2/c17-16(11-4-2-1-3-5-11)12-8-13-6-7-14(10-19)18(13)15(20)9-12/h1-5,12-14,16,19H,6-10H2/t12?,13?,14-,16?/m0/s1. The van der Waals surface area contributed by atoms with E-state index in [4.69, 9.17) is 0 Å². The number of aliphatic hydroxyl groups excluding tert-OH is 1. The smallest absolute Gasteiger partial charge is 0.223 e. The first-order chi connectivity index (χ1) is 9.70. The molecular formula is C16H20BrNO2. The maximum atomic E-state index is 12.4. The van der Waals surface area contributed by atoms with E-state index in [0.717, 1.165) is 19.3 Å². The number of hydrogen-bond donors (Lipinski definition) is 1. The van der Waals surface area contributed by atoms with Gasteiger partial charge in [0.15, 0.2) is 0 Å². The van der Waals surface area contributed by atoms with E-state index >= 15 is 0 Å². The lowest BCUT2D eigenvalue weighted by molar-refractivity contribution is -0.139. The molecule has 0 aliphatic carbocycles. The van der Waals surface area contributed by atoms with Crippen LogP contribution in [0, 0.1) is 5.92 Å². The van der Waals surface area contributed by atoms with Crippen molar-refractivity contribution in [2.24, 2.45) is 5.92 Å². The van der Waals surface area contributed by atoms with Crippen molar-refractivity contribution in [2.75, 3.05) is 6.61 Å². The second-order valence-corrected chi connectivity index (χ2v) is 6.87. The highest BCUT2D eigenvalue weighted by Gasteiger charge is 2.43. The van der Waals surface area contributed by atoms with E-state index in [1.54, 1.807) is 0 Å². The van der Waals surface area contributed by atoms with Gasteiger partial charge in [-0.05, 0) is 30.7 Å². The van der Waals surface area contributed by atoms with Crippen LogP contribution in [-0.4, -0.2) is 34.6 Å². The summed E-state index contributed by atoms with van der Waals surface area (Å²) in [5.74, 6) is 0.562. The van der Waals surface area contributed by atoms with Crippen molar-refractivity contribution < 1.29 is 9.90 Å². The number of amides is 1. The van der Waals surface area contributed by atoms with Crippen LogP contribution in [0.15, 0.2) is 30.3 Å². The van der Waals surface area contributed by atoms with Crippen LogP contribution in [0.2, 0.25) is 0 Å². The average molecular weight is 338 g/mol. The summed E-state index contributed by atoms with van der Waals surface area (Å²) >= 11 is 3.78. The molecule has 3 unspecified atom stereocenters. The Hall–Kier alpha value is -0.870. The van der Waals surface area contributed by atoms with Crippen LogP contribution in [0.1, 0.15) is 36.1 Å².